The molecule has 3 aromatic heterocycles. The smallest absolute Gasteiger partial charge is 0.267 e. The molecule has 6 nitrogen and oxygen atoms in total. The number of nitrogens with zero attached hydrogens (tertiary/aromatic N) is 4. The highest BCUT2D eigenvalue weighted by molar-refractivity contribution is 7.98. The summed E-state index contributed by atoms with van der Waals surface area (Å²) in [7, 11) is 0. The molecular weight excluding hydrogens is 459 g/mol. The van der Waals surface area contributed by atoms with Gasteiger partial charge in [-0.2, -0.15) is 0 Å². The van der Waals surface area contributed by atoms with Crippen molar-refractivity contribution >= 4 is 33.3 Å². The van der Waals surface area contributed by atoms with Crippen LogP contribution >= 0.6 is 23.1 Å². The first kappa shape index (κ1) is 22.3. The van der Waals surface area contributed by atoms with E-state index in [1.54, 1.807) is 29.5 Å². The van der Waals surface area contributed by atoms with Crippen LogP contribution in [0, 0.1) is 11.7 Å². The topological polar surface area (TPSA) is 73.8 Å². The lowest BCUT2D eigenvalue weighted by atomic mass is 9.89. The highest BCUT2D eigenvalue weighted by Crippen LogP contribution is 2.37. The number of halogens is 1. The number of aromatic nitrogens is 4. The largest absolute Gasteiger partial charge is 0.424 e. The molecule has 1 unspecified atom stereocenters. The number of para-hydroxylation sites is 1. The Morgan fingerprint density at radius 2 is 2.06 bits per heavy atom. The zero-order chi connectivity index (χ0) is 23.3. The number of thiophene rings is 1. The molecule has 0 amide bonds. The fraction of sp³-hybridized carbons (Fsp3) is 0.417. The molecule has 1 aromatic carbocycles. The molecule has 5 rings (SSSR count). The number of benzene rings is 1. The van der Waals surface area contributed by atoms with Crippen molar-refractivity contribution in [1.82, 2.24) is 19.7 Å². The molecule has 4 aromatic rings. The van der Waals surface area contributed by atoms with Gasteiger partial charge in [-0.25, -0.2) is 9.37 Å². The van der Waals surface area contributed by atoms with E-state index >= 15 is 0 Å². The van der Waals surface area contributed by atoms with Crippen LogP contribution in [-0.4, -0.2) is 19.7 Å². The Balaban J connectivity index is 1.62. The third kappa shape index (κ3) is 4.12. The van der Waals surface area contributed by atoms with E-state index in [9.17, 15) is 9.18 Å². The van der Waals surface area contributed by atoms with Crippen LogP contribution in [-0.2, 0) is 24.0 Å². The van der Waals surface area contributed by atoms with Gasteiger partial charge in [0.05, 0.1) is 16.8 Å². The molecule has 1 aliphatic carbocycles. The first-order chi connectivity index (χ1) is 15.7. The van der Waals surface area contributed by atoms with Crippen molar-refractivity contribution in [3.63, 3.8) is 0 Å². The average Bonchev–Trinajstić information content (AvgIpc) is 3.37. The van der Waals surface area contributed by atoms with E-state index in [0.717, 1.165) is 29.7 Å². The van der Waals surface area contributed by atoms with Gasteiger partial charge < -0.3 is 4.42 Å². The fourth-order valence-electron chi connectivity index (χ4n) is 4.05. The van der Waals surface area contributed by atoms with Gasteiger partial charge in [0.25, 0.3) is 5.56 Å². The van der Waals surface area contributed by atoms with Crippen molar-refractivity contribution < 1.29 is 8.81 Å². The Bertz CT molecular complexity index is 1400. The zero-order valence-electron chi connectivity index (χ0n) is 19.0. The van der Waals surface area contributed by atoms with Crippen LogP contribution in [0.25, 0.3) is 15.9 Å². The summed E-state index contributed by atoms with van der Waals surface area (Å²) in [6, 6.07) is 6.31. The van der Waals surface area contributed by atoms with Crippen LogP contribution < -0.4 is 5.56 Å². The Hall–Kier alpha value is -2.52. The number of thioether (sulfide) groups is 1. The maximum absolute atomic E-state index is 14.8. The molecule has 9 heteroatoms. The Morgan fingerprint density at radius 1 is 1.27 bits per heavy atom. The second kappa shape index (κ2) is 8.36. The number of rotatable bonds is 4. The molecular formula is C24H25FN4O2S2. The standard InChI is InChI=1S/C24H25FN4O2S2/c1-13-9-10-14-17(11-13)33-20-19(14)21(30)29(16-8-6-5-7-15(16)25)23(26-20)32-12-18-27-28-22(31-18)24(2,3)4/h5-8,13H,9-12H2,1-4H3. The van der Waals surface area contributed by atoms with Gasteiger partial charge in [-0.05, 0) is 42.9 Å². The fourth-order valence-corrected chi connectivity index (χ4v) is 6.32. The van der Waals surface area contributed by atoms with Gasteiger partial charge >= 0.3 is 0 Å². The predicted octanol–water partition coefficient (Wildman–Crippen LogP) is 5.68. The second-order valence-corrected chi connectivity index (χ2v) is 11.6. The molecule has 0 bridgehead atoms. The molecule has 0 aliphatic heterocycles. The lowest BCUT2D eigenvalue weighted by Gasteiger charge is -2.18. The zero-order valence-corrected chi connectivity index (χ0v) is 20.6. The third-order valence-electron chi connectivity index (χ3n) is 5.83. The maximum atomic E-state index is 14.8. The summed E-state index contributed by atoms with van der Waals surface area (Å²) in [5.74, 6) is 1.44. The van der Waals surface area contributed by atoms with E-state index in [1.165, 1.54) is 27.3 Å². The predicted molar refractivity (Wildman–Crippen MR) is 129 cm³/mol. The average molecular weight is 485 g/mol. The lowest BCUT2D eigenvalue weighted by molar-refractivity contribution is 0.378. The summed E-state index contributed by atoms with van der Waals surface area (Å²) < 4.78 is 22.0. The number of aryl methyl sites for hydroxylation is 1. The monoisotopic (exact) mass is 484 g/mol. The second-order valence-electron chi connectivity index (χ2n) is 9.56. The number of fused-ring (bicyclic) bond motifs is 3. The molecule has 0 saturated carbocycles. The minimum atomic E-state index is -0.465. The van der Waals surface area contributed by atoms with Crippen molar-refractivity contribution in [1.29, 1.82) is 0 Å². The summed E-state index contributed by atoms with van der Waals surface area (Å²) in [6.07, 6.45) is 2.85. The molecule has 0 N–H and O–H groups in total. The van der Waals surface area contributed by atoms with E-state index in [2.05, 4.69) is 17.1 Å². The van der Waals surface area contributed by atoms with Crippen molar-refractivity contribution in [2.24, 2.45) is 5.92 Å². The summed E-state index contributed by atoms with van der Waals surface area (Å²) in [6.45, 7) is 8.24. The van der Waals surface area contributed by atoms with Crippen molar-refractivity contribution in [3.8, 4) is 5.69 Å². The van der Waals surface area contributed by atoms with Gasteiger partial charge in [0.15, 0.2) is 5.16 Å². The van der Waals surface area contributed by atoms with E-state index in [-0.39, 0.29) is 16.7 Å². The quantitative estimate of drug-likeness (QED) is 0.274. The lowest BCUT2D eigenvalue weighted by Crippen LogP contribution is -2.23. The number of hydrogen-bond donors (Lipinski definition) is 0. The van der Waals surface area contributed by atoms with Crippen LogP contribution in [0.3, 0.4) is 0 Å². The van der Waals surface area contributed by atoms with E-state index in [1.807, 2.05) is 20.8 Å². The number of hydrogen-bond acceptors (Lipinski definition) is 7. The SMILES string of the molecule is CC1CCc2c(sc3nc(SCc4nnc(C(C)(C)C)o4)n(-c4ccccc4F)c(=O)c23)C1. The summed E-state index contributed by atoms with van der Waals surface area (Å²) >= 11 is 2.88. The summed E-state index contributed by atoms with van der Waals surface area (Å²) in [5, 5.41) is 9.32. The summed E-state index contributed by atoms with van der Waals surface area (Å²) in [5.41, 5.74) is 0.805. The highest BCUT2D eigenvalue weighted by Gasteiger charge is 2.26. The molecule has 0 saturated heterocycles. The Kier molecular flexibility index (Phi) is 5.64. The molecule has 1 aliphatic rings. The van der Waals surface area contributed by atoms with E-state index in [0.29, 0.717) is 34.0 Å². The molecule has 0 radical (unpaired) electrons. The third-order valence-corrected chi connectivity index (χ3v) is 7.90. The van der Waals surface area contributed by atoms with Crippen LogP contribution in [0.15, 0.2) is 38.6 Å². The molecule has 1 atom stereocenters. The van der Waals surface area contributed by atoms with Crippen molar-refractivity contribution in [2.45, 2.75) is 63.3 Å². The molecule has 172 valence electrons. The van der Waals surface area contributed by atoms with Crippen LogP contribution in [0.5, 0.6) is 0 Å². The first-order valence-corrected chi connectivity index (χ1v) is 12.8. The van der Waals surface area contributed by atoms with Gasteiger partial charge in [-0.15, -0.1) is 21.5 Å². The van der Waals surface area contributed by atoms with E-state index in [4.69, 9.17) is 9.40 Å². The van der Waals surface area contributed by atoms with Crippen molar-refractivity contribution in [2.75, 3.05) is 0 Å². The van der Waals surface area contributed by atoms with Gasteiger partial charge in [0.1, 0.15) is 10.6 Å². The summed E-state index contributed by atoms with van der Waals surface area (Å²) in [4.78, 5) is 20.5. The maximum Gasteiger partial charge on any atom is 0.267 e. The van der Waals surface area contributed by atoms with Crippen LogP contribution in [0.2, 0.25) is 0 Å². The van der Waals surface area contributed by atoms with Gasteiger partial charge in [0, 0.05) is 10.3 Å². The minimum Gasteiger partial charge on any atom is -0.424 e. The normalized spacial score (nSPS) is 16.3. The van der Waals surface area contributed by atoms with Gasteiger partial charge in [-0.1, -0.05) is 51.6 Å². The molecule has 0 spiro atoms. The first-order valence-electron chi connectivity index (χ1n) is 11.0. The van der Waals surface area contributed by atoms with E-state index < -0.39 is 5.82 Å². The highest BCUT2D eigenvalue weighted by atomic mass is 32.2. The molecule has 0 fully saturated rings. The minimum absolute atomic E-state index is 0.199. The van der Waals surface area contributed by atoms with Gasteiger partial charge in [-0.3, -0.25) is 9.36 Å². The Labute approximate surface area is 199 Å². The van der Waals surface area contributed by atoms with Crippen LogP contribution in [0.1, 0.15) is 56.3 Å². The molecule has 3 heterocycles. The Morgan fingerprint density at radius 3 is 2.79 bits per heavy atom. The van der Waals surface area contributed by atoms with Crippen LogP contribution in [0.4, 0.5) is 4.39 Å². The van der Waals surface area contributed by atoms with Crippen molar-refractivity contribution in [3.05, 3.63) is 62.7 Å². The van der Waals surface area contributed by atoms with Gasteiger partial charge in [0.2, 0.25) is 11.8 Å². The molecule has 33 heavy (non-hydrogen) atoms.